The zero-order valence-electron chi connectivity index (χ0n) is 13.1. The summed E-state index contributed by atoms with van der Waals surface area (Å²) in [5, 5.41) is 3.34. The fourth-order valence-corrected chi connectivity index (χ4v) is 3.08. The van der Waals surface area contributed by atoms with Crippen LogP contribution in [0.3, 0.4) is 0 Å². The van der Waals surface area contributed by atoms with Gasteiger partial charge in [-0.1, -0.05) is 0 Å². The highest BCUT2D eigenvalue weighted by Gasteiger charge is 2.25. The summed E-state index contributed by atoms with van der Waals surface area (Å²) in [6.45, 7) is 1.56. The predicted molar refractivity (Wildman–Crippen MR) is 87.3 cm³/mol. The fourth-order valence-electron chi connectivity index (χ4n) is 3.08. The van der Waals surface area contributed by atoms with Crippen LogP contribution in [0.15, 0.2) is 37.1 Å². The van der Waals surface area contributed by atoms with E-state index in [1.54, 1.807) is 12.4 Å². The van der Waals surface area contributed by atoms with Gasteiger partial charge in [0.2, 0.25) is 0 Å². The number of anilines is 1. The van der Waals surface area contributed by atoms with Crippen molar-refractivity contribution in [2.75, 3.05) is 18.4 Å². The monoisotopic (exact) mass is 311 g/mol. The van der Waals surface area contributed by atoms with E-state index in [-0.39, 0.29) is 5.91 Å². The summed E-state index contributed by atoms with van der Waals surface area (Å²) in [7, 11) is 0. The molecule has 1 N–H and O–H groups in total. The van der Waals surface area contributed by atoms with Crippen LogP contribution in [0.25, 0.3) is 0 Å². The zero-order chi connectivity index (χ0) is 15.6. The van der Waals surface area contributed by atoms with Crippen LogP contribution < -0.4 is 5.32 Å². The van der Waals surface area contributed by atoms with Crippen molar-refractivity contribution in [1.29, 1.82) is 0 Å². The van der Waals surface area contributed by atoms with Crippen LogP contribution in [0, 0.1) is 0 Å². The number of aromatic nitrogens is 3. The summed E-state index contributed by atoms with van der Waals surface area (Å²) in [6, 6.07) is 4.81. The van der Waals surface area contributed by atoms with E-state index in [2.05, 4.69) is 19.9 Å². The van der Waals surface area contributed by atoms with E-state index in [1.807, 2.05) is 29.6 Å². The molecule has 2 aromatic heterocycles. The van der Waals surface area contributed by atoms with E-state index in [1.165, 1.54) is 12.8 Å². The van der Waals surface area contributed by atoms with Gasteiger partial charge in [-0.05, 0) is 37.8 Å². The Balaban J connectivity index is 1.35. The molecule has 3 heterocycles. The first-order valence-electron chi connectivity index (χ1n) is 8.29. The van der Waals surface area contributed by atoms with E-state index < -0.39 is 0 Å². The Morgan fingerprint density at radius 1 is 1.17 bits per heavy atom. The maximum absolute atomic E-state index is 12.6. The first-order chi connectivity index (χ1) is 11.3. The third-order valence-electron chi connectivity index (χ3n) is 4.64. The van der Waals surface area contributed by atoms with Crippen molar-refractivity contribution in [2.24, 2.45) is 0 Å². The standard InChI is InChI=1S/C17H21N5O/c23-17(13-1-4-16(19-11-13)20-14-2-3-14)21-8-5-15(6-9-21)22-10-7-18-12-22/h1,4,7,10-12,14-15H,2-3,5-6,8-9H2,(H,19,20). The lowest BCUT2D eigenvalue weighted by Crippen LogP contribution is -2.39. The Morgan fingerprint density at radius 3 is 2.61 bits per heavy atom. The smallest absolute Gasteiger partial charge is 0.255 e. The summed E-state index contributed by atoms with van der Waals surface area (Å²) in [4.78, 5) is 23.0. The van der Waals surface area contributed by atoms with Crippen LogP contribution in [0.4, 0.5) is 5.82 Å². The number of hydrogen-bond donors (Lipinski definition) is 1. The second-order valence-electron chi connectivity index (χ2n) is 6.38. The van der Waals surface area contributed by atoms with Gasteiger partial charge in [-0.3, -0.25) is 4.79 Å². The van der Waals surface area contributed by atoms with Crippen LogP contribution in [0.2, 0.25) is 0 Å². The third kappa shape index (κ3) is 3.21. The largest absolute Gasteiger partial charge is 0.367 e. The normalized spacial score (nSPS) is 18.9. The number of piperidine rings is 1. The van der Waals surface area contributed by atoms with Crippen LogP contribution in [-0.4, -0.2) is 44.5 Å². The molecule has 6 heteroatoms. The number of carbonyl (C=O) groups excluding carboxylic acids is 1. The second-order valence-corrected chi connectivity index (χ2v) is 6.38. The molecule has 120 valence electrons. The average molecular weight is 311 g/mol. The van der Waals surface area contributed by atoms with Gasteiger partial charge in [0.15, 0.2) is 0 Å². The van der Waals surface area contributed by atoms with Gasteiger partial charge in [0.05, 0.1) is 11.9 Å². The molecule has 0 radical (unpaired) electrons. The van der Waals surface area contributed by atoms with Crippen LogP contribution >= 0.6 is 0 Å². The Kier molecular flexibility index (Phi) is 3.73. The predicted octanol–water partition coefficient (Wildman–Crippen LogP) is 2.33. The molecule has 2 aromatic rings. The number of hydrogen-bond acceptors (Lipinski definition) is 4. The molecule has 23 heavy (non-hydrogen) atoms. The maximum atomic E-state index is 12.6. The highest BCUT2D eigenvalue weighted by Crippen LogP contribution is 2.25. The van der Waals surface area contributed by atoms with Gasteiger partial charge in [0.1, 0.15) is 5.82 Å². The molecule has 4 rings (SSSR count). The molecule has 0 atom stereocenters. The summed E-state index contributed by atoms with van der Waals surface area (Å²) in [6.07, 6.45) is 11.7. The zero-order valence-corrected chi connectivity index (χ0v) is 13.1. The Labute approximate surface area is 135 Å². The number of likely N-dealkylation sites (tertiary alicyclic amines) is 1. The Bertz CT molecular complexity index is 655. The molecule has 0 aromatic carbocycles. The second kappa shape index (κ2) is 6.02. The molecule has 1 saturated heterocycles. The number of carbonyl (C=O) groups is 1. The molecule has 1 aliphatic carbocycles. The summed E-state index contributed by atoms with van der Waals surface area (Å²) >= 11 is 0. The number of rotatable bonds is 4. The molecule has 0 spiro atoms. The Morgan fingerprint density at radius 2 is 2.00 bits per heavy atom. The minimum Gasteiger partial charge on any atom is -0.367 e. The van der Waals surface area contributed by atoms with Crippen LogP contribution in [-0.2, 0) is 0 Å². The van der Waals surface area contributed by atoms with Gasteiger partial charge < -0.3 is 14.8 Å². The van der Waals surface area contributed by atoms with E-state index in [0.717, 1.165) is 31.7 Å². The van der Waals surface area contributed by atoms with Crippen molar-refractivity contribution in [3.63, 3.8) is 0 Å². The molecule has 0 unspecified atom stereocenters. The van der Waals surface area contributed by atoms with Crippen LogP contribution in [0.5, 0.6) is 0 Å². The highest BCUT2D eigenvalue weighted by atomic mass is 16.2. The van der Waals surface area contributed by atoms with Gasteiger partial charge in [0.25, 0.3) is 5.91 Å². The van der Waals surface area contributed by atoms with E-state index in [4.69, 9.17) is 0 Å². The quantitative estimate of drug-likeness (QED) is 0.941. The first kappa shape index (κ1) is 14.2. The Hall–Kier alpha value is -2.37. The molecule has 1 amide bonds. The third-order valence-corrected chi connectivity index (χ3v) is 4.64. The average Bonchev–Trinajstić information content (AvgIpc) is 3.24. The molecule has 1 aliphatic heterocycles. The number of pyridine rings is 1. The minimum atomic E-state index is 0.0829. The molecule has 1 saturated carbocycles. The van der Waals surface area contributed by atoms with Gasteiger partial charge in [-0.15, -0.1) is 0 Å². The van der Waals surface area contributed by atoms with Crippen molar-refractivity contribution < 1.29 is 4.79 Å². The van der Waals surface area contributed by atoms with Crippen molar-refractivity contribution in [3.8, 4) is 0 Å². The molecule has 2 aliphatic rings. The summed E-state index contributed by atoms with van der Waals surface area (Å²) in [5.74, 6) is 0.947. The van der Waals surface area contributed by atoms with Crippen molar-refractivity contribution in [2.45, 2.75) is 37.8 Å². The lowest BCUT2D eigenvalue weighted by molar-refractivity contribution is 0.0694. The van der Waals surface area contributed by atoms with Gasteiger partial charge in [-0.2, -0.15) is 0 Å². The molecule has 2 fully saturated rings. The molecular formula is C17H21N5O. The van der Waals surface area contributed by atoms with Crippen molar-refractivity contribution in [1.82, 2.24) is 19.4 Å². The first-order valence-corrected chi connectivity index (χ1v) is 8.29. The molecular weight excluding hydrogens is 290 g/mol. The van der Waals surface area contributed by atoms with Crippen molar-refractivity contribution >= 4 is 11.7 Å². The lowest BCUT2D eigenvalue weighted by Gasteiger charge is -2.32. The fraction of sp³-hybridized carbons (Fsp3) is 0.471. The maximum Gasteiger partial charge on any atom is 0.255 e. The van der Waals surface area contributed by atoms with Crippen molar-refractivity contribution in [3.05, 3.63) is 42.6 Å². The van der Waals surface area contributed by atoms with E-state index in [0.29, 0.717) is 17.6 Å². The number of nitrogens with one attached hydrogen (secondary N) is 1. The summed E-state index contributed by atoms with van der Waals surface area (Å²) in [5.41, 5.74) is 0.674. The number of imidazole rings is 1. The van der Waals surface area contributed by atoms with Gasteiger partial charge >= 0.3 is 0 Å². The SMILES string of the molecule is O=C(c1ccc(NC2CC2)nc1)N1CCC(n2ccnc2)CC1. The van der Waals surface area contributed by atoms with Gasteiger partial charge in [-0.25, -0.2) is 9.97 Å². The minimum absolute atomic E-state index is 0.0829. The summed E-state index contributed by atoms with van der Waals surface area (Å²) < 4.78 is 2.14. The van der Waals surface area contributed by atoms with E-state index in [9.17, 15) is 4.79 Å². The molecule has 0 bridgehead atoms. The lowest BCUT2D eigenvalue weighted by atomic mass is 10.0. The number of nitrogens with zero attached hydrogens (tertiary/aromatic N) is 4. The number of amides is 1. The highest BCUT2D eigenvalue weighted by molar-refractivity contribution is 5.94. The molecule has 6 nitrogen and oxygen atoms in total. The van der Waals surface area contributed by atoms with Crippen LogP contribution in [0.1, 0.15) is 42.1 Å². The van der Waals surface area contributed by atoms with E-state index >= 15 is 0 Å². The van der Waals surface area contributed by atoms with Gasteiger partial charge in [0, 0.05) is 43.8 Å². The topological polar surface area (TPSA) is 63.1 Å².